The second-order valence-corrected chi connectivity index (χ2v) is 6.31. The van der Waals surface area contributed by atoms with Crippen molar-refractivity contribution in [3.05, 3.63) is 35.9 Å². The zero-order valence-electron chi connectivity index (χ0n) is 11.8. The van der Waals surface area contributed by atoms with E-state index in [0.29, 0.717) is 12.8 Å². The summed E-state index contributed by atoms with van der Waals surface area (Å²) in [5.41, 5.74) is 0.841. The van der Waals surface area contributed by atoms with Gasteiger partial charge in [0.25, 0.3) is 0 Å². The van der Waals surface area contributed by atoms with Crippen LogP contribution < -0.4 is 4.72 Å². The minimum Gasteiger partial charge on any atom is -0.459 e. The third-order valence-corrected chi connectivity index (χ3v) is 4.28. The molecule has 0 amide bonds. The van der Waals surface area contributed by atoms with Crippen molar-refractivity contribution in [2.75, 3.05) is 0 Å². The van der Waals surface area contributed by atoms with Crippen molar-refractivity contribution < 1.29 is 22.1 Å². The molecule has 0 aliphatic carbocycles. The molecule has 1 fully saturated rings. The molecule has 1 aromatic carbocycles. The Morgan fingerprint density at radius 1 is 1.38 bits per heavy atom. The van der Waals surface area contributed by atoms with Gasteiger partial charge in [-0.05, 0) is 12.0 Å². The summed E-state index contributed by atoms with van der Waals surface area (Å²) in [5, 5.41) is 0. The number of esters is 1. The second kappa shape index (κ2) is 7.02. The van der Waals surface area contributed by atoms with Crippen LogP contribution in [0, 0.1) is 0 Å². The number of hydrogen-bond acceptors (Lipinski definition) is 5. The van der Waals surface area contributed by atoms with Gasteiger partial charge in [-0.1, -0.05) is 43.7 Å². The first-order valence-electron chi connectivity index (χ1n) is 6.91. The SMILES string of the molecule is CCC[C@@H]1C[C@H](C(=O)OCc2ccccc2)OS(=O)(=O)N1. The molecule has 0 unspecified atom stereocenters. The van der Waals surface area contributed by atoms with E-state index in [1.807, 2.05) is 37.3 Å². The molecule has 21 heavy (non-hydrogen) atoms. The molecular formula is C14H19NO5S. The summed E-state index contributed by atoms with van der Waals surface area (Å²) in [5.74, 6) is -0.648. The normalized spacial score (nSPS) is 24.4. The van der Waals surface area contributed by atoms with Gasteiger partial charge in [-0.15, -0.1) is 0 Å². The van der Waals surface area contributed by atoms with Gasteiger partial charge >= 0.3 is 16.3 Å². The van der Waals surface area contributed by atoms with E-state index < -0.39 is 22.4 Å². The molecule has 0 radical (unpaired) electrons. The van der Waals surface area contributed by atoms with Crippen LogP contribution in [0.2, 0.25) is 0 Å². The fraction of sp³-hybridized carbons (Fsp3) is 0.500. The Morgan fingerprint density at radius 2 is 2.10 bits per heavy atom. The first-order valence-corrected chi connectivity index (χ1v) is 8.32. The first-order chi connectivity index (χ1) is 10.00. The van der Waals surface area contributed by atoms with Crippen LogP contribution in [0.1, 0.15) is 31.7 Å². The van der Waals surface area contributed by atoms with Crippen LogP contribution in [0.4, 0.5) is 0 Å². The summed E-state index contributed by atoms with van der Waals surface area (Å²) in [6.07, 6.45) is 0.696. The maximum Gasteiger partial charge on any atom is 0.337 e. The van der Waals surface area contributed by atoms with Crippen LogP contribution in [0.15, 0.2) is 30.3 Å². The molecule has 116 valence electrons. The Kier molecular flexibility index (Phi) is 5.33. The summed E-state index contributed by atoms with van der Waals surface area (Å²) >= 11 is 0. The predicted molar refractivity (Wildman–Crippen MR) is 76.5 cm³/mol. The van der Waals surface area contributed by atoms with Gasteiger partial charge in [0.05, 0.1) is 0 Å². The fourth-order valence-electron chi connectivity index (χ4n) is 2.21. The molecule has 1 aromatic rings. The third-order valence-electron chi connectivity index (χ3n) is 3.18. The molecule has 0 spiro atoms. The molecule has 0 bridgehead atoms. The highest BCUT2D eigenvalue weighted by Crippen LogP contribution is 2.19. The molecule has 1 aliphatic rings. The van der Waals surface area contributed by atoms with Crippen molar-refractivity contribution in [3.8, 4) is 0 Å². The lowest BCUT2D eigenvalue weighted by molar-refractivity contribution is -0.154. The van der Waals surface area contributed by atoms with Crippen LogP contribution >= 0.6 is 0 Å². The Bertz CT molecular complexity index is 572. The van der Waals surface area contributed by atoms with Crippen molar-refractivity contribution >= 4 is 16.3 Å². The van der Waals surface area contributed by atoms with Crippen molar-refractivity contribution in [2.45, 2.75) is 44.9 Å². The fourth-order valence-corrected chi connectivity index (χ4v) is 3.35. The molecule has 1 aliphatic heterocycles. The Balaban J connectivity index is 1.94. The summed E-state index contributed by atoms with van der Waals surface area (Å²) in [7, 11) is -3.88. The predicted octanol–water partition coefficient (Wildman–Crippen LogP) is 1.52. The topological polar surface area (TPSA) is 81.7 Å². The number of carbonyl (C=O) groups excluding carboxylic acids is 1. The highest BCUT2D eigenvalue weighted by molar-refractivity contribution is 7.84. The quantitative estimate of drug-likeness (QED) is 0.834. The van der Waals surface area contributed by atoms with E-state index in [-0.39, 0.29) is 12.6 Å². The van der Waals surface area contributed by atoms with E-state index in [1.54, 1.807) is 0 Å². The van der Waals surface area contributed by atoms with Crippen LogP contribution in [-0.4, -0.2) is 26.5 Å². The van der Waals surface area contributed by atoms with E-state index in [1.165, 1.54) is 0 Å². The second-order valence-electron chi connectivity index (χ2n) is 4.97. The van der Waals surface area contributed by atoms with Gasteiger partial charge in [-0.25, -0.2) is 8.98 Å². The lowest BCUT2D eigenvalue weighted by Crippen LogP contribution is -2.48. The van der Waals surface area contributed by atoms with Crippen LogP contribution in [0.3, 0.4) is 0 Å². The average Bonchev–Trinajstić information content (AvgIpc) is 2.44. The molecule has 1 N–H and O–H groups in total. The molecule has 0 aromatic heterocycles. The molecule has 1 saturated heterocycles. The molecular weight excluding hydrogens is 294 g/mol. The molecule has 2 rings (SSSR count). The maximum atomic E-state index is 12.0. The minimum absolute atomic E-state index is 0.103. The Hall–Kier alpha value is -1.44. The summed E-state index contributed by atoms with van der Waals surface area (Å²) in [6.45, 7) is 2.05. The van der Waals surface area contributed by atoms with Gasteiger partial charge in [0.15, 0.2) is 6.10 Å². The first kappa shape index (κ1) is 15.9. The monoisotopic (exact) mass is 313 g/mol. The third kappa shape index (κ3) is 4.80. The highest BCUT2D eigenvalue weighted by Gasteiger charge is 2.36. The molecule has 1 heterocycles. The summed E-state index contributed by atoms with van der Waals surface area (Å²) < 4.78 is 35.5. The van der Waals surface area contributed by atoms with Gasteiger partial charge in [0, 0.05) is 12.5 Å². The smallest absolute Gasteiger partial charge is 0.337 e. The molecule has 2 atom stereocenters. The Morgan fingerprint density at radius 3 is 2.76 bits per heavy atom. The highest BCUT2D eigenvalue weighted by atomic mass is 32.2. The van der Waals surface area contributed by atoms with Crippen molar-refractivity contribution in [1.29, 1.82) is 0 Å². The van der Waals surface area contributed by atoms with E-state index in [9.17, 15) is 13.2 Å². The number of benzene rings is 1. The van der Waals surface area contributed by atoms with E-state index >= 15 is 0 Å². The van der Waals surface area contributed by atoms with Crippen LogP contribution in [0.25, 0.3) is 0 Å². The summed E-state index contributed by atoms with van der Waals surface area (Å²) in [6, 6.07) is 8.91. The maximum absolute atomic E-state index is 12.0. The number of hydrogen-bond donors (Lipinski definition) is 1. The molecule has 0 saturated carbocycles. The van der Waals surface area contributed by atoms with Crippen molar-refractivity contribution in [1.82, 2.24) is 4.72 Å². The molecule has 7 heteroatoms. The lowest BCUT2D eigenvalue weighted by Gasteiger charge is -2.28. The van der Waals surface area contributed by atoms with Gasteiger partial charge < -0.3 is 4.74 Å². The van der Waals surface area contributed by atoms with Gasteiger partial charge in [-0.3, -0.25) is 0 Å². The van der Waals surface area contributed by atoms with Crippen LogP contribution in [-0.2, 0) is 30.6 Å². The van der Waals surface area contributed by atoms with Crippen LogP contribution in [0.5, 0.6) is 0 Å². The van der Waals surface area contributed by atoms with Gasteiger partial charge in [-0.2, -0.15) is 13.1 Å². The standard InChI is InChI=1S/C14H19NO5S/c1-2-6-12-9-13(20-21(17,18)15-12)14(16)19-10-11-7-4-3-5-8-11/h3-5,7-8,12-13,15H,2,6,9-10H2,1H3/t12-,13-/m1/s1. The number of ether oxygens (including phenoxy) is 1. The van der Waals surface area contributed by atoms with Gasteiger partial charge in [0.2, 0.25) is 0 Å². The largest absolute Gasteiger partial charge is 0.459 e. The molecule has 6 nitrogen and oxygen atoms in total. The lowest BCUT2D eigenvalue weighted by atomic mass is 10.1. The zero-order chi connectivity index (χ0) is 15.3. The van der Waals surface area contributed by atoms with E-state index in [0.717, 1.165) is 12.0 Å². The minimum atomic E-state index is -3.88. The Labute approximate surface area is 124 Å². The number of nitrogens with one attached hydrogen (secondary N) is 1. The summed E-state index contributed by atoms with van der Waals surface area (Å²) in [4.78, 5) is 12.0. The van der Waals surface area contributed by atoms with Crippen molar-refractivity contribution in [3.63, 3.8) is 0 Å². The van der Waals surface area contributed by atoms with Crippen molar-refractivity contribution in [2.24, 2.45) is 0 Å². The van der Waals surface area contributed by atoms with E-state index in [2.05, 4.69) is 4.72 Å². The number of carbonyl (C=O) groups is 1. The van der Waals surface area contributed by atoms with Gasteiger partial charge in [0.1, 0.15) is 6.61 Å². The average molecular weight is 313 g/mol. The van der Waals surface area contributed by atoms with E-state index in [4.69, 9.17) is 8.92 Å². The number of rotatable bonds is 5. The zero-order valence-corrected chi connectivity index (χ0v) is 12.6.